The number of carbonyl (C=O) groups excluding carboxylic acids is 1. The molecule has 1 aliphatic rings. The third kappa shape index (κ3) is 4.83. The van der Waals surface area contributed by atoms with Crippen LogP contribution in [0.1, 0.15) is 36.2 Å². The number of rotatable bonds is 7. The van der Waals surface area contributed by atoms with Gasteiger partial charge in [-0.2, -0.15) is 5.10 Å². The molecule has 7 nitrogen and oxygen atoms in total. The first-order valence-corrected chi connectivity index (χ1v) is 11.2. The number of nitrogens with zero attached hydrogens (tertiary/aromatic N) is 5. The second-order valence-electron chi connectivity index (χ2n) is 8.49. The maximum absolute atomic E-state index is 13.6. The van der Waals surface area contributed by atoms with Gasteiger partial charge in [-0.05, 0) is 58.5 Å². The fourth-order valence-corrected chi connectivity index (χ4v) is 4.24. The van der Waals surface area contributed by atoms with Crippen molar-refractivity contribution in [2.45, 2.75) is 31.7 Å². The first kappa shape index (κ1) is 22.0. The number of hydrogen-bond donors (Lipinski definition) is 0. The first-order chi connectivity index (χ1) is 15.6. The summed E-state index contributed by atoms with van der Waals surface area (Å²) in [6.07, 6.45) is 5.96. The standard InChI is InChI=1S/C25H31N5O2/c1-28(2)16-14-20-11-7-8-15-29(20)25(31)22-17-23(19-9-5-4-6-10-19)30(27-22)21-12-13-24(32-3)26-18-21/h4-6,9-10,12-13,17-18,20H,7-8,11,14-16H2,1-3H3. The Morgan fingerprint density at radius 2 is 1.97 bits per heavy atom. The minimum atomic E-state index is 0.00542. The van der Waals surface area contributed by atoms with E-state index in [0.29, 0.717) is 11.6 Å². The molecular formula is C25H31N5O2. The Labute approximate surface area is 189 Å². The van der Waals surface area contributed by atoms with Crippen LogP contribution in [0, 0.1) is 0 Å². The van der Waals surface area contributed by atoms with Crippen molar-refractivity contribution in [3.05, 3.63) is 60.4 Å². The van der Waals surface area contributed by atoms with E-state index in [4.69, 9.17) is 9.84 Å². The molecule has 0 aliphatic carbocycles. The molecule has 0 radical (unpaired) electrons. The highest BCUT2D eigenvalue weighted by atomic mass is 16.5. The monoisotopic (exact) mass is 433 g/mol. The Kier molecular flexibility index (Phi) is 6.85. The second-order valence-corrected chi connectivity index (χ2v) is 8.49. The molecule has 0 N–H and O–H groups in total. The number of likely N-dealkylation sites (tertiary alicyclic amines) is 1. The highest BCUT2D eigenvalue weighted by molar-refractivity contribution is 5.94. The lowest BCUT2D eigenvalue weighted by atomic mass is 9.98. The molecule has 0 saturated carbocycles. The van der Waals surface area contributed by atoms with Crippen molar-refractivity contribution in [3.63, 3.8) is 0 Å². The fourth-order valence-electron chi connectivity index (χ4n) is 4.24. The largest absolute Gasteiger partial charge is 0.481 e. The summed E-state index contributed by atoms with van der Waals surface area (Å²) < 4.78 is 6.99. The van der Waals surface area contributed by atoms with Crippen LogP contribution in [0.3, 0.4) is 0 Å². The zero-order valence-electron chi connectivity index (χ0n) is 19.1. The van der Waals surface area contributed by atoms with Crippen molar-refractivity contribution in [1.82, 2.24) is 24.6 Å². The molecule has 3 aromatic rings. The Balaban J connectivity index is 1.69. The molecule has 1 aliphatic heterocycles. The molecule has 7 heteroatoms. The molecule has 1 atom stereocenters. The summed E-state index contributed by atoms with van der Waals surface area (Å²) in [6.45, 7) is 1.75. The van der Waals surface area contributed by atoms with Crippen LogP contribution in [-0.2, 0) is 0 Å². The molecule has 32 heavy (non-hydrogen) atoms. The zero-order valence-corrected chi connectivity index (χ0v) is 19.1. The van der Waals surface area contributed by atoms with E-state index in [1.165, 1.54) is 6.42 Å². The van der Waals surface area contributed by atoms with Gasteiger partial charge in [0.25, 0.3) is 5.91 Å². The van der Waals surface area contributed by atoms with Gasteiger partial charge in [0.1, 0.15) is 0 Å². The van der Waals surface area contributed by atoms with Crippen LogP contribution in [0.5, 0.6) is 5.88 Å². The number of carbonyl (C=O) groups is 1. The maximum Gasteiger partial charge on any atom is 0.274 e. The molecule has 2 aromatic heterocycles. The quantitative estimate of drug-likeness (QED) is 0.566. The van der Waals surface area contributed by atoms with Crippen molar-refractivity contribution in [2.24, 2.45) is 0 Å². The van der Waals surface area contributed by atoms with E-state index < -0.39 is 0 Å². The van der Waals surface area contributed by atoms with Crippen LogP contribution in [0.15, 0.2) is 54.7 Å². The number of methoxy groups -OCH3 is 1. The molecule has 0 spiro atoms. The molecule has 1 saturated heterocycles. The van der Waals surface area contributed by atoms with E-state index in [9.17, 15) is 4.79 Å². The summed E-state index contributed by atoms with van der Waals surface area (Å²) in [7, 11) is 5.74. The molecule has 0 bridgehead atoms. The Morgan fingerprint density at radius 3 is 2.66 bits per heavy atom. The van der Waals surface area contributed by atoms with E-state index in [-0.39, 0.29) is 11.9 Å². The van der Waals surface area contributed by atoms with Crippen LogP contribution in [0.2, 0.25) is 0 Å². The van der Waals surface area contributed by atoms with Crippen molar-refractivity contribution < 1.29 is 9.53 Å². The fraction of sp³-hybridized carbons (Fsp3) is 0.400. The molecule has 168 valence electrons. The highest BCUT2D eigenvalue weighted by Gasteiger charge is 2.29. The van der Waals surface area contributed by atoms with Gasteiger partial charge < -0.3 is 14.5 Å². The third-order valence-electron chi connectivity index (χ3n) is 5.97. The number of aromatic nitrogens is 3. The molecule has 1 unspecified atom stereocenters. The van der Waals surface area contributed by atoms with Gasteiger partial charge in [0.15, 0.2) is 5.69 Å². The SMILES string of the molecule is COc1ccc(-n2nc(C(=O)N3CCCCC3CCN(C)C)cc2-c2ccccc2)cn1. The number of piperidine rings is 1. The number of hydrogen-bond acceptors (Lipinski definition) is 5. The van der Waals surface area contributed by atoms with Gasteiger partial charge in [0, 0.05) is 24.2 Å². The van der Waals surface area contributed by atoms with E-state index in [0.717, 1.165) is 49.3 Å². The topological polar surface area (TPSA) is 63.5 Å². The third-order valence-corrected chi connectivity index (χ3v) is 5.97. The summed E-state index contributed by atoms with van der Waals surface area (Å²) in [6, 6.07) is 15.9. The summed E-state index contributed by atoms with van der Waals surface area (Å²) in [5.41, 5.74) is 3.11. The molecule has 1 amide bonds. The van der Waals surface area contributed by atoms with Crippen LogP contribution >= 0.6 is 0 Å². The van der Waals surface area contributed by atoms with E-state index in [1.807, 2.05) is 47.4 Å². The number of benzene rings is 1. The van der Waals surface area contributed by atoms with Crippen molar-refractivity contribution in [1.29, 1.82) is 0 Å². The van der Waals surface area contributed by atoms with Gasteiger partial charge in [-0.1, -0.05) is 30.3 Å². The van der Waals surface area contributed by atoms with Gasteiger partial charge in [0.05, 0.1) is 24.7 Å². The van der Waals surface area contributed by atoms with Crippen LogP contribution in [0.25, 0.3) is 16.9 Å². The second kappa shape index (κ2) is 9.96. The van der Waals surface area contributed by atoms with Crippen molar-refractivity contribution >= 4 is 5.91 Å². The lowest BCUT2D eigenvalue weighted by molar-refractivity contribution is 0.0585. The van der Waals surface area contributed by atoms with Gasteiger partial charge in [0.2, 0.25) is 5.88 Å². The Bertz CT molecular complexity index is 1030. The van der Waals surface area contributed by atoms with Gasteiger partial charge >= 0.3 is 0 Å². The summed E-state index contributed by atoms with van der Waals surface area (Å²) >= 11 is 0. The summed E-state index contributed by atoms with van der Waals surface area (Å²) in [5, 5.41) is 4.75. The lowest BCUT2D eigenvalue weighted by Crippen LogP contribution is -2.45. The van der Waals surface area contributed by atoms with Gasteiger partial charge in [-0.15, -0.1) is 0 Å². The number of ether oxygens (including phenoxy) is 1. The van der Waals surface area contributed by atoms with Crippen molar-refractivity contribution in [3.8, 4) is 22.8 Å². The Hall–Kier alpha value is -3.19. The van der Waals surface area contributed by atoms with E-state index in [1.54, 1.807) is 24.1 Å². The molecule has 3 heterocycles. The summed E-state index contributed by atoms with van der Waals surface area (Å²) in [5.74, 6) is 0.543. The van der Waals surface area contributed by atoms with E-state index in [2.05, 4.69) is 24.0 Å². The predicted molar refractivity (Wildman–Crippen MR) is 125 cm³/mol. The van der Waals surface area contributed by atoms with Gasteiger partial charge in [-0.3, -0.25) is 4.79 Å². The molecule has 1 fully saturated rings. The average Bonchev–Trinajstić information content (AvgIpc) is 3.28. The molecular weight excluding hydrogens is 402 g/mol. The van der Waals surface area contributed by atoms with Crippen LogP contribution in [-0.4, -0.2) is 70.8 Å². The normalized spacial score (nSPS) is 16.4. The number of pyridine rings is 1. The highest BCUT2D eigenvalue weighted by Crippen LogP contribution is 2.27. The number of amides is 1. The zero-order chi connectivity index (χ0) is 22.5. The first-order valence-electron chi connectivity index (χ1n) is 11.2. The van der Waals surface area contributed by atoms with Gasteiger partial charge in [-0.25, -0.2) is 9.67 Å². The molecule has 4 rings (SSSR count). The van der Waals surface area contributed by atoms with Crippen LogP contribution in [0.4, 0.5) is 0 Å². The van der Waals surface area contributed by atoms with Crippen LogP contribution < -0.4 is 4.74 Å². The maximum atomic E-state index is 13.6. The lowest BCUT2D eigenvalue weighted by Gasteiger charge is -2.36. The summed E-state index contributed by atoms with van der Waals surface area (Å²) in [4.78, 5) is 22.1. The Morgan fingerprint density at radius 1 is 1.16 bits per heavy atom. The minimum absolute atomic E-state index is 0.00542. The molecule has 1 aromatic carbocycles. The average molecular weight is 434 g/mol. The smallest absolute Gasteiger partial charge is 0.274 e. The predicted octanol–water partition coefficient (Wildman–Crippen LogP) is 3.89. The van der Waals surface area contributed by atoms with E-state index >= 15 is 0 Å². The van der Waals surface area contributed by atoms with Crippen molar-refractivity contribution in [2.75, 3.05) is 34.3 Å². The minimum Gasteiger partial charge on any atom is -0.481 e.